The van der Waals surface area contributed by atoms with Crippen LogP contribution in [0.5, 0.6) is 5.75 Å². The van der Waals surface area contributed by atoms with Gasteiger partial charge in [-0.2, -0.15) is 0 Å². The summed E-state index contributed by atoms with van der Waals surface area (Å²) in [6, 6.07) is 22.1. The Kier molecular flexibility index (Phi) is 9.88. The van der Waals surface area contributed by atoms with Crippen LogP contribution in [0.15, 0.2) is 93.7 Å². The lowest BCUT2D eigenvalue weighted by Gasteiger charge is -2.28. The van der Waals surface area contributed by atoms with E-state index >= 15 is 0 Å². The van der Waals surface area contributed by atoms with Gasteiger partial charge in [-0.1, -0.05) is 59.6 Å². The predicted molar refractivity (Wildman–Crippen MR) is 180 cm³/mol. The Morgan fingerprint density at radius 2 is 1.83 bits per heavy atom. The summed E-state index contributed by atoms with van der Waals surface area (Å²) in [7, 11) is 0. The molecule has 1 N–H and O–H groups in total. The number of allylic oxidation sites excluding steroid dienone is 1. The maximum Gasteiger partial charge on any atom is 0.287 e. The molecule has 1 saturated heterocycles. The Morgan fingerprint density at radius 1 is 1.04 bits per heavy atom. The zero-order chi connectivity index (χ0) is 32.0. The van der Waals surface area contributed by atoms with Crippen molar-refractivity contribution in [2.24, 2.45) is 0 Å². The van der Waals surface area contributed by atoms with Gasteiger partial charge in [-0.25, -0.2) is 0 Å². The monoisotopic (exact) mass is 638 g/mol. The van der Waals surface area contributed by atoms with Crippen molar-refractivity contribution in [2.45, 2.75) is 70.4 Å². The van der Waals surface area contributed by atoms with Crippen molar-refractivity contribution in [3.8, 4) is 5.75 Å². The molecule has 1 aliphatic heterocycles. The highest BCUT2D eigenvalue weighted by atomic mass is 35.5. The molecule has 2 fully saturated rings. The second-order valence-corrected chi connectivity index (χ2v) is 12.6. The van der Waals surface area contributed by atoms with Gasteiger partial charge in [0.15, 0.2) is 11.2 Å². The molecule has 4 aromatic rings. The standard InChI is InChI=1S/C38H39ClN2O5/c1-2-45-31-17-18-35-33(22-31)34(42)23-36(46-35)38(44)40-30(21-26-11-15-29(39)16-12-26)20-25-9-13-27(14-10-25)32-7-4-3-6-28(32)24-41-19-5-8-37(41)43/h3-4,6-7,11-12,15-18,20,22-23,27,30H,2,5,8-10,13-14,19,21,24H2,1H3,(H,40,44)/t27?,30-/m0/s1. The number of nitrogens with zero attached hydrogens (tertiary/aromatic N) is 1. The molecule has 6 rings (SSSR count). The largest absolute Gasteiger partial charge is 0.494 e. The lowest BCUT2D eigenvalue weighted by atomic mass is 9.79. The van der Waals surface area contributed by atoms with E-state index < -0.39 is 5.91 Å². The maximum atomic E-state index is 13.5. The number of halogens is 1. The molecule has 0 radical (unpaired) electrons. The first-order valence-electron chi connectivity index (χ1n) is 16.2. The summed E-state index contributed by atoms with van der Waals surface area (Å²) in [5.74, 6) is 0.774. The van der Waals surface area contributed by atoms with E-state index in [0.29, 0.717) is 53.7 Å². The molecule has 238 valence electrons. The minimum Gasteiger partial charge on any atom is -0.494 e. The van der Waals surface area contributed by atoms with Gasteiger partial charge in [0, 0.05) is 30.6 Å². The van der Waals surface area contributed by atoms with E-state index in [1.165, 1.54) is 22.8 Å². The zero-order valence-electron chi connectivity index (χ0n) is 26.1. The number of rotatable bonds is 10. The molecule has 0 unspecified atom stereocenters. The third-order valence-corrected chi connectivity index (χ3v) is 9.26. The van der Waals surface area contributed by atoms with E-state index in [2.05, 4.69) is 35.7 Å². The molecule has 1 aliphatic carbocycles. The molecule has 1 atom stereocenters. The summed E-state index contributed by atoms with van der Waals surface area (Å²) >= 11 is 6.14. The predicted octanol–water partition coefficient (Wildman–Crippen LogP) is 7.59. The van der Waals surface area contributed by atoms with Crippen LogP contribution in [0.3, 0.4) is 0 Å². The lowest BCUT2D eigenvalue weighted by Crippen LogP contribution is -2.36. The fraction of sp³-hybridized carbons (Fsp3) is 0.342. The van der Waals surface area contributed by atoms with Crippen LogP contribution < -0.4 is 15.5 Å². The Labute approximate surface area is 274 Å². The molecule has 2 aliphatic rings. The summed E-state index contributed by atoms with van der Waals surface area (Å²) in [6.45, 7) is 3.88. The van der Waals surface area contributed by atoms with Gasteiger partial charge in [-0.05, 0) is 98.4 Å². The summed E-state index contributed by atoms with van der Waals surface area (Å²) in [5.41, 5.74) is 4.95. The first-order valence-corrected chi connectivity index (χ1v) is 16.5. The minimum atomic E-state index is -0.442. The summed E-state index contributed by atoms with van der Waals surface area (Å²) in [6.07, 6.45) is 8.17. The quantitative estimate of drug-likeness (QED) is 0.181. The van der Waals surface area contributed by atoms with Gasteiger partial charge >= 0.3 is 0 Å². The first kappa shape index (κ1) is 31.6. The maximum absolute atomic E-state index is 13.5. The van der Waals surface area contributed by atoms with Crippen LogP contribution in [0.1, 0.15) is 78.6 Å². The Hall–Kier alpha value is -4.36. The van der Waals surface area contributed by atoms with E-state index in [4.69, 9.17) is 20.8 Å². The molecule has 3 aromatic carbocycles. The van der Waals surface area contributed by atoms with E-state index in [0.717, 1.165) is 44.2 Å². The van der Waals surface area contributed by atoms with Gasteiger partial charge in [0.25, 0.3) is 5.91 Å². The number of hydrogen-bond donors (Lipinski definition) is 1. The minimum absolute atomic E-state index is 0.0297. The van der Waals surface area contributed by atoms with E-state index in [-0.39, 0.29) is 23.1 Å². The van der Waals surface area contributed by atoms with Crippen molar-refractivity contribution < 1.29 is 18.7 Å². The molecule has 8 heteroatoms. The van der Waals surface area contributed by atoms with Gasteiger partial charge in [0.1, 0.15) is 11.3 Å². The molecule has 7 nitrogen and oxygen atoms in total. The molecule has 0 bridgehead atoms. The van der Waals surface area contributed by atoms with Crippen LogP contribution in [-0.2, 0) is 17.8 Å². The molecule has 0 spiro atoms. The second-order valence-electron chi connectivity index (χ2n) is 12.2. The van der Waals surface area contributed by atoms with E-state index in [9.17, 15) is 14.4 Å². The summed E-state index contributed by atoms with van der Waals surface area (Å²) in [4.78, 5) is 40.7. The fourth-order valence-electron chi connectivity index (χ4n) is 6.67. The number of carbonyl (C=O) groups excluding carboxylic acids is 2. The van der Waals surface area contributed by atoms with E-state index in [1.54, 1.807) is 18.2 Å². The number of nitrogens with one attached hydrogen (secondary N) is 1. The number of ether oxygens (including phenoxy) is 1. The van der Waals surface area contributed by atoms with Crippen molar-refractivity contribution in [1.29, 1.82) is 0 Å². The van der Waals surface area contributed by atoms with Crippen LogP contribution in [0.4, 0.5) is 0 Å². The number of hydrogen-bond acceptors (Lipinski definition) is 5. The number of likely N-dealkylation sites (tertiary alicyclic amines) is 1. The normalized spacial score (nSPS) is 17.3. The van der Waals surface area contributed by atoms with Gasteiger partial charge in [-0.15, -0.1) is 0 Å². The number of benzene rings is 3. The molecular formula is C38H39ClN2O5. The third-order valence-electron chi connectivity index (χ3n) is 9.01. The van der Waals surface area contributed by atoms with Gasteiger partial charge in [0.05, 0.1) is 18.0 Å². The highest BCUT2D eigenvalue weighted by Gasteiger charge is 2.25. The molecular weight excluding hydrogens is 600 g/mol. The summed E-state index contributed by atoms with van der Waals surface area (Å²) < 4.78 is 11.4. The van der Waals surface area contributed by atoms with Crippen molar-refractivity contribution in [2.75, 3.05) is 13.2 Å². The highest BCUT2D eigenvalue weighted by Crippen LogP contribution is 2.37. The van der Waals surface area contributed by atoms with Crippen molar-refractivity contribution in [1.82, 2.24) is 10.2 Å². The Bertz CT molecular complexity index is 1800. The highest BCUT2D eigenvalue weighted by molar-refractivity contribution is 6.30. The van der Waals surface area contributed by atoms with Crippen LogP contribution in [0.25, 0.3) is 11.0 Å². The Balaban J connectivity index is 1.19. The van der Waals surface area contributed by atoms with Crippen LogP contribution in [0.2, 0.25) is 5.02 Å². The fourth-order valence-corrected chi connectivity index (χ4v) is 6.80. The number of fused-ring (bicyclic) bond motifs is 1. The van der Waals surface area contributed by atoms with E-state index in [1.807, 2.05) is 36.1 Å². The second kappa shape index (κ2) is 14.4. The van der Waals surface area contributed by atoms with Crippen LogP contribution in [-0.4, -0.2) is 35.9 Å². The van der Waals surface area contributed by atoms with Crippen LogP contribution >= 0.6 is 11.6 Å². The van der Waals surface area contributed by atoms with Gasteiger partial charge < -0.3 is 19.4 Å². The molecule has 1 aromatic heterocycles. The molecule has 46 heavy (non-hydrogen) atoms. The van der Waals surface area contributed by atoms with Gasteiger partial charge in [-0.3, -0.25) is 14.4 Å². The smallest absolute Gasteiger partial charge is 0.287 e. The average Bonchev–Trinajstić information content (AvgIpc) is 3.47. The third kappa shape index (κ3) is 7.53. The number of carbonyl (C=O) groups is 2. The topological polar surface area (TPSA) is 88.8 Å². The average molecular weight is 639 g/mol. The van der Waals surface area contributed by atoms with Crippen molar-refractivity contribution >= 4 is 34.4 Å². The zero-order valence-corrected chi connectivity index (χ0v) is 26.9. The first-order chi connectivity index (χ1) is 22.4. The lowest BCUT2D eigenvalue weighted by molar-refractivity contribution is -0.128. The van der Waals surface area contributed by atoms with Crippen molar-refractivity contribution in [3.05, 3.63) is 122 Å². The SMILES string of the molecule is CCOc1ccc2oc(C(=O)N[C@@H](C=C3CCC(c4ccccc4CN4CCCC4=O)CC3)Cc3ccc(Cl)cc3)cc(=O)c2c1. The molecule has 2 heterocycles. The molecule has 1 saturated carbocycles. The summed E-state index contributed by atoms with van der Waals surface area (Å²) in [5, 5.41) is 4.14. The van der Waals surface area contributed by atoms with Crippen molar-refractivity contribution in [3.63, 3.8) is 0 Å². The Morgan fingerprint density at radius 3 is 2.57 bits per heavy atom. The molecule has 2 amide bonds. The van der Waals surface area contributed by atoms with Gasteiger partial charge in [0.2, 0.25) is 5.91 Å². The van der Waals surface area contributed by atoms with Crippen LogP contribution in [0, 0.1) is 0 Å². The number of amides is 2.